The van der Waals surface area contributed by atoms with Gasteiger partial charge in [0.1, 0.15) is 0 Å². The van der Waals surface area contributed by atoms with Gasteiger partial charge in [0.2, 0.25) is 0 Å². The minimum atomic E-state index is -0.120. The van der Waals surface area contributed by atoms with Crippen LogP contribution >= 0.6 is 15.9 Å². The van der Waals surface area contributed by atoms with Crippen LogP contribution in [0.25, 0.3) is 0 Å². The maximum absolute atomic E-state index is 11.9. The Morgan fingerprint density at radius 1 is 1.28 bits per heavy atom. The van der Waals surface area contributed by atoms with Crippen LogP contribution in [-0.2, 0) is 6.54 Å². The van der Waals surface area contributed by atoms with Crippen LogP contribution in [0.2, 0.25) is 0 Å². The first-order valence-corrected chi connectivity index (χ1v) is 6.46. The average molecular weight is 309 g/mol. The van der Waals surface area contributed by atoms with E-state index in [1.54, 1.807) is 17.1 Å². The summed E-state index contributed by atoms with van der Waals surface area (Å²) in [6.07, 6.45) is 3.39. The molecule has 0 bridgehead atoms. The van der Waals surface area contributed by atoms with Gasteiger partial charge in [0, 0.05) is 24.1 Å². The maximum Gasteiger partial charge on any atom is 0.318 e. The Morgan fingerprint density at radius 2 is 1.89 bits per heavy atom. The fraction of sp³-hybridized carbons (Fsp3) is 0.214. The van der Waals surface area contributed by atoms with Crippen LogP contribution in [0, 0.1) is 0 Å². The first-order valence-electron chi connectivity index (χ1n) is 5.67. The third kappa shape index (κ3) is 4.37. The number of amides is 2. The fourth-order valence-electron chi connectivity index (χ4n) is 1.48. The van der Waals surface area contributed by atoms with E-state index >= 15 is 0 Å². The van der Waals surface area contributed by atoms with Crippen LogP contribution < -0.4 is 5.32 Å². The molecule has 0 fully saturated rings. The molecule has 0 heterocycles. The molecule has 4 heteroatoms. The quantitative estimate of drug-likeness (QED) is 0.803. The van der Waals surface area contributed by atoms with Crippen LogP contribution in [-0.4, -0.2) is 24.0 Å². The number of benzene rings is 1. The van der Waals surface area contributed by atoms with Crippen LogP contribution in [0.5, 0.6) is 0 Å². The SMILES string of the molecule is C=CCN(CC=C)C(=O)NCc1ccccc1Br. The van der Waals surface area contributed by atoms with Gasteiger partial charge in [-0.15, -0.1) is 13.2 Å². The van der Waals surface area contributed by atoms with E-state index in [-0.39, 0.29) is 6.03 Å². The molecular formula is C14H17BrN2O. The van der Waals surface area contributed by atoms with Crippen molar-refractivity contribution < 1.29 is 4.79 Å². The van der Waals surface area contributed by atoms with E-state index in [4.69, 9.17) is 0 Å². The highest BCUT2D eigenvalue weighted by molar-refractivity contribution is 9.10. The number of rotatable bonds is 6. The molecule has 2 amide bonds. The van der Waals surface area contributed by atoms with E-state index in [0.717, 1.165) is 10.0 Å². The van der Waals surface area contributed by atoms with Crippen molar-refractivity contribution >= 4 is 22.0 Å². The molecule has 96 valence electrons. The number of nitrogens with one attached hydrogen (secondary N) is 1. The third-order valence-corrected chi connectivity index (χ3v) is 3.15. The Balaban J connectivity index is 2.56. The lowest BCUT2D eigenvalue weighted by molar-refractivity contribution is 0.208. The Kier molecular flexibility index (Phi) is 6.22. The summed E-state index contributed by atoms with van der Waals surface area (Å²) in [4.78, 5) is 13.5. The van der Waals surface area contributed by atoms with Crippen molar-refractivity contribution in [2.45, 2.75) is 6.54 Å². The minimum Gasteiger partial charge on any atom is -0.334 e. The molecule has 0 aliphatic carbocycles. The molecule has 1 aromatic rings. The van der Waals surface area contributed by atoms with Crippen LogP contribution in [0.15, 0.2) is 54.0 Å². The molecule has 0 saturated heterocycles. The van der Waals surface area contributed by atoms with Crippen molar-refractivity contribution in [3.8, 4) is 0 Å². The third-order valence-electron chi connectivity index (χ3n) is 2.37. The topological polar surface area (TPSA) is 32.3 Å². The molecule has 18 heavy (non-hydrogen) atoms. The number of carbonyl (C=O) groups excluding carboxylic acids is 1. The Morgan fingerprint density at radius 3 is 2.44 bits per heavy atom. The molecular weight excluding hydrogens is 292 g/mol. The van der Waals surface area contributed by atoms with Gasteiger partial charge in [-0.25, -0.2) is 4.79 Å². The fourth-order valence-corrected chi connectivity index (χ4v) is 1.90. The zero-order valence-electron chi connectivity index (χ0n) is 10.2. The van der Waals surface area contributed by atoms with Gasteiger partial charge in [0.05, 0.1) is 0 Å². The molecule has 0 aliphatic rings. The molecule has 0 radical (unpaired) electrons. The van der Waals surface area contributed by atoms with Gasteiger partial charge in [0.15, 0.2) is 0 Å². The molecule has 0 saturated carbocycles. The largest absolute Gasteiger partial charge is 0.334 e. The predicted octanol–water partition coefficient (Wildman–Crippen LogP) is 3.33. The zero-order valence-corrected chi connectivity index (χ0v) is 11.8. The zero-order chi connectivity index (χ0) is 13.4. The summed E-state index contributed by atoms with van der Waals surface area (Å²) in [5.41, 5.74) is 1.04. The molecule has 0 aliphatic heterocycles. The van der Waals surface area contributed by atoms with E-state index in [1.807, 2.05) is 24.3 Å². The van der Waals surface area contributed by atoms with Crippen molar-refractivity contribution in [2.24, 2.45) is 0 Å². The number of halogens is 1. The first-order chi connectivity index (χ1) is 8.69. The van der Waals surface area contributed by atoms with E-state index < -0.39 is 0 Å². The number of urea groups is 1. The molecule has 0 atom stereocenters. The lowest BCUT2D eigenvalue weighted by Gasteiger charge is -2.20. The second-order valence-electron chi connectivity index (χ2n) is 3.73. The van der Waals surface area contributed by atoms with Gasteiger partial charge >= 0.3 is 6.03 Å². The van der Waals surface area contributed by atoms with Crippen molar-refractivity contribution in [3.63, 3.8) is 0 Å². The van der Waals surface area contributed by atoms with Gasteiger partial charge in [-0.2, -0.15) is 0 Å². The standard InChI is InChI=1S/C14H17BrN2O/c1-3-9-17(10-4-2)14(18)16-11-12-7-5-6-8-13(12)15/h3-8H,1-2,9-11H2,(H,16,18). The maximum atomic E-state index is 11.9. The van der Waals surface area contributed by atoms with Crippen LogP contribution in [0.1, 0.15) is 5.56 Å². The second-order valence-corrected chi connectivity index (χ2v) is 4.59. The monoisotopic (exact) mass is 308 g/mol. The summed E-state index contributed by atoms with van der Waals surface area (Å²) in [5.74, 6) is 0. The van der Waals surface area contributed by atoms with E-state index in [2.05, 4.69) is 34.4 Å². The van der Waals surface area contributed by atoms with Gasteiger partial charge < -0.3 is 10.2 Å². The van der Waals surface area contributed by atoms with Gasteiger partial charge in [-0.3, -0.25) is 0 Å². The Hall–Kier alpha value is -1.55. The first kappa shape index (κ1) is 14.5. The highest BCUT2D eigenvalue weighted by atomic mass is 79.9. The summed E-state index contributed by atoms with van der Waals surface area (Å²) in [6, 6.07) is 7.68. The number of nitrogens with zero attached hydrogens (tertiary/aromatic N) is 1. The van der Waals surface area contributed by atoms with Crippen LogP contribution in [0.3, 0.4) is 0 Å². The molecule has 1 aromatic carbocycles. The molecule has 1 rings (SSSR count). The van der Waals surface area contributed by atoms with Crippen molar-refractivity contribution in [1.29, 1.82) is 0 Å². The minimum absolute atomic E-state index is 0.120. The molecule has 0 unspecified atom stereocenters. The molecule has 1 N–H and O–H groups in total. The smallest absolute Gasteiger partial charge is 0.318 e. The van der Waals surface area contributed by atoms with Crippen LogP contribution in [0.4, 0.5) is 4.79 Å². The second kappa shape index (κ2) is 7.71. The summed E-state index contributed by atoms with van der Waals surface area (Å²) in [5, 5.41) is 2.87. The van der Waals surface area contributed by atoms with Gasteiger partial charge in [0.25, 0.3) is 0 Å². The lowest BCUT2D eigenvalue weighted by atomic mass is 10.2. The van der Waals surface area contributed by atoms with E-state index in [0.29, 0.717) is 19.6 Å². The molecule has 3 nitrogen and oxygen atoms in total. The van der Waals surface area contributed by atoms with E-state index in [9.17, 15) is 4.79 Å². The van der Waals surface area contributed by atoms with Crippen molar-refractivity contribution in [3.05, 3.63) is 59.6 Å². The summed E-state index contributed by atoms with van der Waals surface area (Å²) in [6.45, 7) is 8.77. The molecule has 0 spiro atoms. The van der Waals surface area contributed by atoms with E-state index in [1.165, 1.54) is 0 Å². The number of carbonyl (C=O) groups is 1. The summed E-state index contributed by atoms with van der Waals surface area (Å²) < 4.78 is 0.990. The number of hydrogen-bond donors (Lipinski definition) is 1. The van der Waals surface area contributed by atoms with Crippen molar-refractivity contribution in [2.75, 3.05) is 13.1 Å². The Labute approximate surface area is 116 Å². The van der Waals surface area contributed by atoms with Crippen molar-refractivity contribution in [1.82, 2.24) is 10.2 Å². The molecule has 0 aromatic heterocycles. The normalized spacial score (nSPS) is 9.61. The van der Waals surface area contributed by atoms with Gasteiger partial charge in [-0.1, -0.05) is 46.3 Å². The summed E-state index contributed by atoms with van der Waals surface area (Å²) in [7, 11) is 0. The average Bonchev–Trinajstić information content (AvgIpc) is 2.37. The highest BCUT2D eigenvalue weighted by Gasteiger charge is 2.10. The highest BCUT2D eigenvalue weighted by Crippen LogP contribution is 2.15. The number of hydrogen-bond acceptors (Lipinski definition) is 1. The Bertz CT molecular complexity index is 422. The lowest BCUT2D eigenvalue weighted by Crippen LogP contribution is -2.39. The summed E-state index contributed by atoms with van der Waals surface area (Å²) >= 11 is 3.45. The van der Waals surface area contributed by atoms with Gasteiger partial charge in [-0.05, 0) is 11.6 Å². The predicted molar refractivity (Wildman–Crippen MR) is 78.3 cm³/mol.